The van der Waals surface area contributed by atoms with E-state index in [0.717, 1.165) is 38.0 Å². The van der Waals surface area contributed by atoms with Gasteiger partial charge in [0.15, 0.2) is 0 Å². The first kappa shape index (κ1) is 14.0. The highest BCUT2D eigenvalue weighted by atomic mass is 16.6. The fourth-order valence-electron chi connectivity index (χ4n) is 2.68. The molecule has 0 radical (unpaired) electrons. The van der Waals surface area contributed by atoms with Crippen LogP contribution in [0.4, 0.5) is 5.69 Å². The summed E-state index contributed by atoms with van der Waals surface area (Å²) in [5, 5.41) is 10.8. The monoisotopic (exact) mass is 263 g/mol. The Morgan fingerprint density at radius 3 is 2.74 bits per heavy atom. The molecule has 2 rings (SSSR count). The van der Waals surface area contributed by atoms with Crippen molar-refractivity contribution in [3.05, 3.63) is 39.9 Å². The van der Waals surface area contributed by atoms with E-state index in [9.17, 15) is 10.1 Å². The van der Waals surface area contributed by atoms with Gasteiger partial charge >= 0.3 is 0 Å². The third-order valence-electron chi connectivity index (χ3n) is 4.09. The first-order valence-corrected chi connectivity index (χ1v) is 6.80. The minimum Gasteiger partial charge on any atom is -0.330 e. The number of nitro benzene ring substituents is 1. The lowest BCUT2D eigenvalue weighted by Gasteiger charge is -2.35. The number of nitrogens with two attached hydrogens (primary N) is 1. The minimum absolute atomic E-state index is 0.168. The van der Waals surface area contributed by atoms with Crippen molar-refractivity contribution in [1.29, 1.82) is 0 Å². The molecule has 1 fully saturated rings. The molecule has 5 heteroatoms. The molecule has 1 saturated heterocycles. The Morgan fingerprint density at radius 2 is 2.16 bits per heavy atom. The van der Waals surface area contributed by atoms with Gasteiger partial charge in [-0.15, -0.1) is 0 Å². The number of piperidine rings is 1. The molecule has 0 spiro atoms. The fraction of sp³-hybridized carbons (Fsp3) is 0.571. The topological polar surface area (TPSA) is 72.4 Å². The van der Waals surface area contributed by atoms with Crippen LogP contribution in [-0.4, -0.2) is 29.5 Å². The van der Waals surface area contributed by atoms with Crippen LogP contribution in [0.5, 0.6) is 0 Å². The number of non-ortho nitro benzene ring substituents is 1. The summed E-state index contributed by atoms with van der Waals surface area (Å²) in [6, 6.07) is 7.17. The van der Waals surface area contributed by atoms with Gasteiger partial charge in [0, 0.05) is 18.2 Å². The van der Waals surface area contributed by atoms with Crippen LogP contribution in [0.25, 0.3) is 0 Å². The average Bonchev–Trinajstić information content (AvgIpc) is 2.46. The molecule has 1 atom stereocenters. The van der Waals surface area contributed by atoms with Gasteiger partial charge in [0.1, 0.15) is 0 Å². The van der Waals surface area contributed by atoms with E-state index in [1.54, 1.807) is 12.1 Å². The van der Waals surface area contributed by atoms with Gasteiger partial charge in [-0.3, -0.25) is 15.0 Å². The van der Waals surface area contributed by atoms with E-state index >= 15 is 0 Å². The number of rotatable bonds is 4. The van der Waals surface area contributed by atoms with Crippen LogP contribution in [0.15, 0.2) is 24.3 Å². The van der Waals surface area contributed by atoms with Crippen LogP contribution in [0.1, 0.15) is 31.4 Å². The summed E-state index contributed by atoms with van der Waals surface area (Å²) in [4.78, 5) is 12.9. The number of nitrogens with zero attached hydrogens (tertiary/aromatic N) is 2. The maximum absolute atomic E-state index is 10.8. The highest BCUT2D eigenvalue weighted by Crippen LogP contribution is 2.27. The van der Waals surface area contributed by atoms with Crippen molar-refractivity contribution in [2.75, 3.05) is 19.6 Å². The number of nitro groups is 1. The Labute approximate surface area is 113 Å². The predicted molar refractivity (Wildman–Crippen MR) is 74.9 cm³/mol. The number of hydrogen-bond acceptors (Lipinski definition) is 4. The van der Waals surface area contributed by atoms with Crippen LogP contribution in [-0.2, 0) is 0 Å². The number of likely N-dealkylation sites (tertiary alicyclic amines) is 1. The van der Waals surface area contributed by atoms with E-state index in [1.807, 2.05) is 6.07 Å². The summed E-state index contributed by atoms with van der Waals surface area (Å²) in [6.07, 6.45) is 2.24. The maximum atomic E-state index is 10.8. The lowest BCUT2D eigenvalue weighted by molar-refractivity contribution is -0.385. The van der Waals surface area contributed by atoms with Crippen LogP contribution < -0.4 is 5.73 Å². The largest absolute Gasteiger partial charge is 0.330 e. The quantitative estimate of drug-likeness (QED) is 0.668. The van der Waals surface area contributed by atoms with Crippen molar-refractivity contribution in [3.63, 3.8) is 0 Å². The van der Waals surface area contributed by atoms with Gasteiger partial charge in [0.05, 0.1) is 4.92 Å². The molecule has 1 aliphatic rings. The summed E-state index contributed by atoms with van der Waals surface area (Å²) in [7, 11) is 0. The van der Waals surface area contributed by atoms with Gasteiger partial charge in [0.2, 0.25) is 0 Å². The van der Waals surface area contributed by atoms with E-state index in [0.29, 0.717) is 5.92 Å². The third-order valence-corrected chi connectivity index (χ3v) is 4.09. The Bertz CT molecular complexity index is 442. The van der Waals surface area contributed by atoms with Crippen molar-refractivity contribution in [1.82, 2.24) is 4.90 Å². The Hall–Kier alpha value is -1.46. The summed E-state index contributed by atoms with van der Waals surface area (Å²) < 4.78 is 0. The van der Waals surface area contributed by atoms with Crippen molar-refractivity contribution < 1.29 is 4.92 Å². The molecular weight excluding hydrogens is 242 g/mol. The van der Waals surface area contributed by atoms with E-state index < -0.39 is 0 Å². The molecule has 0 amide bonds. The molecule has 5 nitrogen and oxygen atoms in total. The second-order valence-corrected chi connectivity index (χ2v) is 5.24. The molecule has 1 unspecified atom stereocenters. The smallest absolute Gasteiger partial charge is 0.269 e. The molecular formula is C14H21N3O2. The number of benzene rings is 1. The molecule has 0 aromatic heterocycles. The van der Waals surface area contributed by atoms with Crippen molar-refractivity contribution >= 4 is 5.69 Å². The summed E-state index contributed by atoms with van der Waals surface area (Å²) in [5.41, 5.74) is 6.88. The zero-order chi connectivity index (χ0) is 13.8. The van der Waals surface area contributed by atoms with E-state index in [1.165, 1.54) is 6.07 Å². The lowest BCUT2D eigenvalue weighted by atomic mass is 9.95. The predicted octanol–water partition coefficient (Wildman–Crippen LogP) is 2.33. The van der Waals surface area contributed by atoms with Gasteiger partial charge in [-0.25, -0.2) is 0 Å². The van der Waals surface area contributed by atoms with Crippen molar-refractivity contribution in [2.45, 2.75) is 25.8 Å². The zero-order valence-corrected chi connectivity index (χ0v) is 11.3. The Kier molecular flexibility index (Phi) is 4.50. The Morgan fingerprint density at radius 1 is 1.47 bits per heavy atom. The highest BCUT2D eigenvalue weighted by Gasteiger charge is 2.23. The minimum atomic E-state index is -0.336. The molecule has 104 valence electrons. The molecule has 1 aromatic rings. The maximum Gasteiger partial charge on any atom is 0.269 e. The molecule has 1 aliphatic heterocycles. The zero-order valence-electron chi connectivity index (χ0n) is 11.3. The summed E-state index contributed by atoms with van der Waals surface area (Å²) in [6.45, 7) is 4.91. The van der Waals surface area contributed by atoms with Gasteiger partial charge in [0.25, 0.3) is 5.69 Å². The molecule has 0 aliphatic carbocycles. The molecule has 19 heavy (non-hydrogen) atoms. The normalized spacial score (nSPS) is 19.3. The number of hydrogen-bond donors (Lipinski definition) is 1. The van der Waals surface area contributed by atoms with Gasteiger partial charge in [-0.1, -0.05) is 12.1 Å². The van der Waals surface area contributed by atoms with Crippen LogP contribution in [0.3, 0.4) is 0 Å². The standard InChI is InChI=1S/C14H21N3O2/c1-11(16-7-5-12(10-15)6-8-16)13-3-2-4-14(9-13)17(18)19/h2-4,9,11-12H,5-8,10,15H2,1H3. The highest BCUT2D eigenvalue weighted by molar-refractivity contribution is 5.35. The first-order valence-electron chi connectivity index (χ1n) is 6.80. The second-order valence-electron chi connectivity index (χ2n) is 5.24. The third kappa shape index (κ3) is 3.30. The van der Waals surface area contributed by atoms with E-state index in [4.69, 9.17) is 5.73 Å². The second kappa shape index (κ2) is 6.12. The van der Waals surface area contributed by atoms with Gasteiger partial charge in [-0.05, 0) is 50.9 Å². The van der Waals surface area contributed by atoms with Crippen LogP contribution in [0.2, 0.25) is 0 Å². The molecule has 2 N–H and O–H groups in total. The van der Waals surface area contributed by atoms with Gasteiger partial charge in [-0.2, -0.15) is 0 Å². The van der Waals surface area contributed by atoms with Crippen LogP contribution >= 0.6 is 0 Å². The van der Waals surface area contributed by atoms with Crippen LogP contribution in [0, 0.1) is 16.0 Å². The van der Waals surface area contributed by atoms with Crippen molar-refractivity contribution in [3.8, 4) is 0 Å². The first-order chi connectivity index (χ1) is 9.11. The average molecular weight is 263 g/mol. The Balaban J connectivity index is 2.05. The molecule has 1 aromatic carbocycles. The summed E-state index contributed by atoms with van der Waals surface area (Å²) >= 11 is 0. The summed E-state index contributed by atoms with van der Waals surface area (Å²) in [5.74, 6) is 0.633. The van der Waals surface area contributed by atoms with E-state index in [2.05, 4.69) is 11.8 Å². The molecule has 1 heterocycles. The van der Waals surface area contributed by atoms with Gasteiger partial charge < -0.3 is 5.73 Å². The van der Waals surface area contributed by atoms with Crippen molar-refractivity contribution in [2.24, 2.45) is 11.7 Å². The lowest BCUT2D eigenvalue weighted by Crippen LogP contribution is -2.37. The molecule has 0 bridgehead atoms. The van der Waals surface area contributed by atoms with E-state index in [-0.39, 0.29) is 16.7 Å². The SMILES string of the molecule is CC(c1cccc([N+](=O)[O-])c1)N1CCC(CN)CC1. The molecule has 0 saturated carbocycles. The fourth-order valence-corrected chi connectivity index (χ4v) is 2.68.